The van der Waals surface area contributed by atoms with Crippen LogP contribution in [0.15, 0.2) is 79.5 Å². The van der Waals surface area contributed by atoms with Gasteiger partial charge in [-0.2, -0.15) is 0 Å². The molecule has 6 nitrogen and oxygen atoms in total. The van der Waals surface area contributed by atoms with Crippen molar-refractivity contribution in [2.75, 3.05) is 26.2 Å². The van der Waals surface area contributed by atoms with Crippen molar-refractivity contribution in [1.82, 2.24) is 25.0 Å². The molecule has 2 heterocycles. The van der Waals surface area contributed by atoms with Gasteiger partial charge in [0.15, 0.2) is 0 Å². The predicted octanol–water partition coefficient (Wildman–Crippen LogP) is 11.2. The third kappa shape index (κ3) is 8.23. The molecule has 2 unspecified atom stereocenters. The van der Waals surface area contributed by atoms with Crippen LogP contribution in [0.5, 0.6) is 0 Å². The summed E-state index contributed by atoms with van der Waals surface area (Å²) in [4.78, 5) is 25.9. The molecular formula is C44H52Cl3N5O. The van der Waals surface area contributed by atoms with Gasteiger partial charge in [-0.15, -0.1) is 0 Å². The number of amides is 1. The van der Waals surface area contributed by atoms with Gasteiger partial charge in [0, 0.05) is 75.8 Å². The minimum atomic E-state index is -0.242. The van der Waals surface area contributed by atoms with E-state index in [4.69, 9.17) is 34.8 Å². The van der Waals surface area contributed by atoms with Crippen molar-refractivity contribution in [2.24, 2.45) is 0 Å². The van der Waals surface area contributed by atoms with Crippen LogP contribution in [0.1, 0.15) is 105 Å². The number of allylic oxidation sites excluding steroid dienone is 1. The Balaban J connectivity index is 1.26. The molecule has 2 N–H and O–H groups in total. The Bertz CT molecular complexity index is 1940. The molecule has 0 bridgehead atoms. The number of nitrogens with zero attached hydrogens (tertiary/aromatic N) is 3. The lowest BCUT2D eigenvalue weighted by atomic mass is 9.88. The molecule has 3 aliphatic rings. The summed E-state index contributed by atoms with van der Waals surface area (Å²) in [6.07, 6.45) is 13.0. The second-order valence-electron chi connectivity index (χ2n) is 15.1. The van der Waals surface area contributed by atoms with Crippen LogP contribution in [0.4, 0.5) is 0 Å². The Morgan fingerprint density at radius 3 is 2.25 bits per heavy atom. The summed E-state index contributed by atoms with van der Waals surface area (Å²) < 4.78 is 0. The minimum absolute atomic E-state index is 0.0604. The van der Waals surface area contributed by atoms with Gasteiger partial charge in [-0.25, -0.2) is 0 Å². The fraction of sp³-hybridized carbons (Fsp3) is 0.432. The fourth-order valence-corrected chi connectivity index (χ4v) is 9.93. The van der Waals surface area contributed by atoms with Crippen LogP contribution in [-0.2, 0) is 0 Å². The lowest BCUT2D eigenvalue weighted by Crippen LogP contribution is -2.59. The number of piperazine rings is 1. The topological polar surface area (TPSA) is 54.6 Å². The highest BCUT2D eigenvalue weighted by atomic mass is 35.5. The molecule has 1 aliphatic heterocycles. The number of carbonyl (C=O) groups is 1. The molecule has 1 saturated heterocycles. The van der Waals surface area contributed by atoms with E-state index in [9.17, 15) is 4.79 Å². The summed E-state index contributed by atoms with van der Waals surface area (Å²) in [5.74, 6) is -0.107. The second kappa shape index (κ2) is 17.0. The molecule has 3 atom stereocenters. The van der Waals surface area contributed by atoms with Gasteiger partial charge in [-0.3, -0.25) is 14.6 Å². The monoisotopic (exact) mass is 771 g/mol. The van der Waals surface area contributed by atoms with Crippen molar-refractivity contribution in [2.45, 2.75) is 95.8 Å². The Kier molecular flexibility index (Phi) is 12.2. The first-order valence-corrected chi connectivity index (χ1v) is 20.6. The van der Waals surface area contributed by atoms with E-state index in [-0.39, 0.29) is 18.0 Å². The van der Waals surface area contributed by atoms with Gasteiger partial charge in [-0.05, 0) is 86.7 Å². The molecule has 2 saturated carbocycles. The number of nitrogens with one attached hydrogen (secondary N) is 2. The van der Waals surface area contributed by atoms with Gasteiger partial charge in [0.2, 0.25) is 0 Å². The summed E-state index contributed by atoms with van der Waals surface area (Å²) in [7, 11) is 0. The largest absolute Gasteiger partial charge is 0.350 e. The maximum atomic E-state index is 14.9. The van der Waals surface area contributed by atoms with Crippen LogP contribution >= 0.6 is 34.8 Å². The van der Waals surface area contributed by atoms with Crippen molar-refractivity contribution in [3.63, 3.8) is 0 Å². The van der Waals surface area contributed by atoms with E-state index in [1.165, 1.54) is 38.5 Å². The Hall–Kier alpha value is -3.26. The van der Waals surface area contributed by atoms with Crippen molar-refractivity contribution >= 4 is 62.9 Å². The van der Waals surface area contributed by atoms with E-state index in [0.29, 0.717) is 26.8 Å². The average Bonchev–Trinajstić information content (AvgIpc) is 3.55. The Morgan fingerprint density at radius 1 is 0.868 bits per heavy atom. The smallest absolute Gasteiger partial charge is 0.268 e. The van der Waals surface area contributed by atoms with Crippen LogP contribution < -0.4 is 5.32 Å². The number of carbonyl (C=O) groups excluding carboxylic acids is 1. The fourth-order valence-electron chi connectivity index (χ4n) is 9.19. The molecule has 9 heteroatoms. The maximum Gasteiger partial charge on any atom is 0.268 e. The normalized spacial score (nSPS) is 21.6. The number of benzene rings is 3. The predicted molar refractivity (Wildman–Crippen MR) is 223 cm³/mol. The third-order valence-electron chi connectivity index (χ3n) is 12.0. The first-order chi connectivity index (χ1) is 25.7. The van der Waals surface area contributed by atoms with Gasteiger partial charge < -0.3 is 15.2 Å². The summed E-state index contributed by atoms with van der Waals surface area (Å²) in [6.45, 7) is 12.9. The highest BCUT2D eigenvalue weighted by molar-refractivity contribution is 6.35. The summed E-state index contributed by atoms with van der Waals surface area (Å²) in [5, 5.41) is 6.23. The molecule has 4 aromatic rings. The highest BCUT2D eigenvalue weighted by Crippen LogP contribution is 2.42. The first kappa shape index (κ1) is 38.0. The van der Waals surface area contributed by atoms with Gasteiger partial charge in [0.1, 0.15) is 5.69 Å². The van der Waals surface area contributed by atoms with Crippen LogP contribution in [0.25, 0.3) is 22.2 Å². The van der Waals surface area contributed by atoms with Crippen molar-refractivity contribution in [3.8, 4) is 0 Å². The molecule has 3 aromatic carbocycles. The van der Waals surface area contributed by atoms with Gasteiger partial charge in [-0.1, -0.05) is 116 Å². The van der Waals surface area contributed by atoms with E-state index in [2.05, 4.69) is 57.6 Å². The van der Waals surface area contributed by atoms with E-state index in [1.54, 1.807) is 6.07 Å². The van der Waals surface area contributed by atoms with Gasteiger partial charge >= 0.3 is 0 Å². The molecule has 1 amide bonds. The van der Waals surface area contributed by atoms with Crippen LogP contribution in [0, 0.1) is 0 Å². The number of hydrogen-bond acceptors (Lipinski definition) is 4. The van der Waals surface area contributed by atoms with Crippen LogP contribution in [0.3, 0.4) is 0 Å². The summed E-state index contributed by atoms with van der Waals surface area (Å²) >= 11 is 19.7. The van der Waals surface area contributed by atoms with E-state index in [0.717, 1.165) is 90.3 Å². The zero-order valence-electron chi connectivity index (χ0n) is 31.0. The lowest BCUT2D eigenvalue weighted by Gasteiger charge is -2.46. The molecule has 0 radical (unpaired) electrons. The first-order valence-electron chi connectivity index (χ1n) is 19.5. The number of aromatic amines is 1. The lowest BCUT2D eigenvalue weighted by molar-refractivity contribution is 0.0340. The van der Waals surface area contributed by atoms with Crippen molar-refractivity contribution < 1.29 is 4.79 Å². The SMILES string of the molecule is C=CN(/C(=C(\C)c1ccccc1)c1c(C(=O)N[C@H]2CCCCC2N2CCN(C3CCCCC3)CC2)[nH]c2cc(Cl)ccc12)C(C)c1ccc(Cl)cc1Cl. The molecule has 280 valence electrons. The molecule has 0 spiro atoms. The summed E-state index contributed by atoms with van der Waals surface area (Å²) in [5.41, 5.74) is 5.92. The molecule has 7 rings (SSSR count). The van der Waals surface area contributed by atoms with Crippen LogP contribution in [0.2, 0.25) is 15.1 Å². The van der Waals surface area contributed by atoms with E-state index in [1.807, 2.05) is 54.7 Å². The van der Waals surface area contributed by atoms with Crippen molar-refractivity contribution in [1.29, 1.82) is 0 Å². The second-order valence-corrected chi connectivity index (χ2v) is 16.4. The third-order valence-corrected chi connectivity index (χ3v) is 12.8. The zero-order chi connectivity index (χ0) is 37.1. The number of H-pyrrole nitrogens is 1. The zero-order valence-corrected chi connectivity index (χ0v) is 33.3. The Labute approximate surface area is 330 Å². The van der Waals surface area contributed by atoms with Crippen molar-refractivity contribution in [3.05, 3.63) is 117 Å². The maximum absolute atomic E-state index is 14.9. The molecule has 53 heavy (non-hydrogen) atoms. The molecule has 2 aliphatic carbocycles. The quantitative estimate of drug-likeness (QED) is 0.169. The van der Waals surface area contributed by atoms with E-state index < -0.39 is 0 Å². The number of hydrogen-bond donors (Lipinski definition) is 2. The molecule has 3 fully saturated rings. The van der Waals surface area contributed by atoms with E-state index >= 15 is 0 Å². The molecular weight excluding hydrogens is 721 g/mol. The highest BCUT2D eigenvalue weighted by Gasteiger charge is 2.36. The standard InChI is InChI=1S/C44H52Cl3N5O/c1-4-52(30(3)35-21-19-32(45)27-37(35)47)43(29(2)31-13-7-5-8-14-31)41-36-22-20-33(46)28-39(36)48-42(41)44(53)49-38-17-11-12-18-40(38)51-25-23-50(24-26-51)34-15-9-6-10-16-34/h4-5,7-8,13-14,19-22,27-28,30,34,38,40,48H,1,6,9-12,15-18,23-26H2,2-3H3,(H,49,53)/b43-29+/t30?,38-,40?/m0/s1. The number of aromatic nitrogens is 1. The van der Waals surface area contributed by atoms with Gasteiger partial charge in [0.05, 0.1) is 11.7 Å². The number of fused-ring (bicyclic) bond motifs is 1. The van der Waals surface area contributed by atoms with Gasteiger partial charge in [0.25, 0.3) is 5.91 Å². The number of halogens is 3. The molecule has 1 aromatic heterocycles. The average molecular weight is 773 g/mol. The summed E-state index contributed by atoms with van der Waals surface area (Å²) in [6, 6.07) is 22.6. The minimum Gasteiger partial charge on any atom is -0.350 e. The number of rotatable bonds is 10. The Morgan fingerprint density at radius 2 is 1.53 bits per heavy atom. The van der Waals surface area contributed by atoms with Crippen LogP contribution in [-0.4, -0.2) is 69.9 Å².